The molecule has 1 aromatic rings. The number of phenolic OH excluding ortho intramolecular Hbond substituents is 1. The average molecular weight is 402 g/mol. The highest BCUT2D eigenvalue weighted by Gasteiger charge is 2.35. The summed E-state index contributed by atoms with van der Waals surface area (Å²) in [5.41, 5.74) is 1.34. The molecule has 0 bridgehead atoms. The normalized spacial score (nSPS) is 19.5. The number of piperazine rings is 1. The number of phenols is 1. The molecule has 1 saturated carbocycles. The number of methoxy groups -OCH3 is 1. The van der Waals surface area contributed by atoms with Crippen LogP contribution in [0.5, 0.6) is 11.5 Å². The van der Waals surface area contributed by atoms with Gasteiger partial charge in [0.15, 0.2) is 11.5 Å². The zero-order valence-electron chi connectivity index (χ0n) is 15.2. The van der Waals surface area contributed by atoms with E-state index in [2.05, 4.69) is 16.3 Å². The van der Waals surface area contributed by atoms with E-state index in [4.69, 9.17) is 4.74 Å². The van der Waals surface area contributed by atoms with Gasteiger partial charge < -0.3 is 15.2 Å². The fourth-order valence-corrected chi connectivity index (χ4v) is 4.28. The monoisotopic (exact) mass is 401 g/mol. The van der Waals surface area contributed by atoms with Gasteiger partial charge in [-0.1, -0.05) is 19.3 Å². The summed E-state index contributed by atoms with van der Waals surface area (Å²) in [6.45, 7) is 3.80. The van der Waals surface area contributed by atoms with Gasteiger partial charge in [0.05, 0.1) is 18.7 Å². The molecule has 1 saturated heterocycles. The minimum Gasteiger partial charge on any atom is -0.504 e. The Labute approximate surface area is 168 Å². The van der Waals surface area contributed by atoms with Gasteiger partial charge in [0, 0.05) is 37.8 Å². The molecule has 1 heterocycles. The second-order valence-electron chi connectivity index (χ2n) is 6.82. The zero-order chi connectivity index (χ0) is 16.9. The number of hydrogen-bond donors (Lipinski definition) is 2. The lowest BCUT2D eigenvalue weighted by Gasteiger charge is -2.41. The van der Waals surface area contributed by atoms with Crippen LogP contribution < -0.4 is 10.1 Å². The van der Waals surface area contributed by atoms with Crippen molar-refractivity contribution in [1.82, 2.24) is 10.2 Å². The number of rotatable bonds is 4. The van der Waals surface area contributed by atoms with E-state index >= 15 is 0 Å². The fraction of sp³-hybridized carbons (Fsp3) is 0.632. The van der Waals surface area contributed by atoms with Gasteiger partial charge in [-0.3, -0.25) is 4.90 Å². The van der Waals surface area contributed by atoms with Crippen LogP contribution in [0, 0.1) is 17.2 Å². The van der Waals surface area contributed by atoms with Crippen molar-refractivity contribution in [2.45, 2.75) is 38.1 Å². The topological polar surface area (TPSA) is 68.5 Å². The Morgan fingerprint density at radius 3 is 2.42 bits per heavy atom. The third-order valence-corrected chi connectivity index (χ3v) is 5.46. The number of benzene rings is 1. The molecule has 3 rings (SSSR count). The molecule has 0 radical (unpaired) electrons. The Balaban J connectivity index is 0.00000169. The first-order valence-corrected chi connectivity index (χ1v) is 9.01. The van der Waals surface area contributed by atoms with Crippen LogP contribution in [-0.2, 0) is 0 Å². The van der Waals surface area contributed by atoms with Crippen LogP contribution in [0.4, 0.5) is 0 Å². The van der Waals surface area contributed by atoms with Crippen molar-refractivity contribution in [1.29, 1.82) is 5.26 Å². The summed E-state index contributed by atoms with van der Waals surface area (Å²) in [6.07, 6.45) is 6.09. The minimum atomic E-state index is 0. The predicted molar refractivity (Wildman–Crippen MR) is 108 cm³/mol. The molecule has 2 N–H and O–H groups in total. The molecule has 26 heavy (non-hydrogen) atoms. The quantitative estimate of drug-likeness (QED) is 0.805. The standard InChI is InChI=1S/C19H27N3O2.2ClH/c1-24-16-8-7-15(13-20)17(19(16)23)18(14-5-3-2-4-6-14)22-11-9-21-10-12-22;;/h7-8,14,18,21,23H,2-6,9-12H2,1H3;2*1H/t18-;;/m0../s1. The van der Waals surface area contributed by atoms with Crippen molar-refractivity contribution in [2.24, 2.45) is 5.92 Å². The van der Waals surface area contributed by atoms with Gasteiger partial charge in [0.2, 0.25) is 0 Å². The molecule has 1 atom stereocenters. The van der Waals surface area contributed by atoms with Gasteiger partial charge in [-0.2, -0.15) is 5.26 Å². The molecule has 1 aliphatic heterocycles. The summed E-state index contributed by atoms with van der Waals surface area (Å²) in [7, 11) is 1.56. The van der Waals surface area contributed by atoms with E-state index in [1.807, 2.05) is 0 Å². The summed E-state index contributed by atoms with van der Waals surface area (Å²) >= 11 is 0. The van der Waals surface area contributed by atoms with Gasteiger partial charge in [-0.15, -0.1) is 24.8 Å². The van der Waals surface area contributed by atoms with Crippen LogP contribution in [0.2, 0.25) is 0 Å². The van der Waals surface area contributed by atoms with Gasteiger partial charge in [0.1, 0.15) is 0 Å². The van der Waals surface area contributed by atoms with E-state index < -0.39 is 0 Å². The third-order valence-electron chi connectivity index (χ3n) is 5.46. The van der Waals surface area contributed by atoms with Crippen molar-refractivity contribution in [3.8, 4) is 17.6 Å². The number of aromatic hydroxyl groups is 1. The number of ether oxygens (including phenoxy) is 1. The van der Waals surface area contributed by atoms with Crippen LogP contribution in [-0.4, -0.2) is 43.3 Å². The Hall–Kier alpha value is -1.19. The molecule has 146 valence electrons. The van der Waals surface area contributed by atoms with Crippen molar-refractivity contribution in [3.05, 3.63) is 23.3 Å². The third kappa shape index (κ3) is 4.75. The first-order chi connectivity index (χ1) is 11.8. The van der Waals surface area contributed by atoms with E-state index in [1.165, 1.54) is 19.3 Å². The molecule has 7 heteroatoms. The van der Waals surface area contributed by atoms with Crippen molar-refractivity contribution < 1.29 is 9.84 Å². The number of hydrogen-bond acceptors (Lipinski definition) is 5. The molecule has 2 fully saturated rings. The van der Waals surface area contributed by atoms with E-state index in [0.29, 0.717) is 17.2 Å². The second kappa shape index (κ2) is 10.8. The highest BCUT2D eigenvalue weighted by Crippen LogP contribution is 2.45. The van der Waals surface area contributed by atoms with Gasteiger partial charge in [-0.05, 0) is 30.9 Å². The van der Waals surface area contributed by atoms with E-state index in [-0.39, 0.29) is 36.6 Å². The molecule has 0 spiro atoms. The number of nitrogens with zero attached hydrogens (tertiary/aromatic N) is 2. The summed E-state index contributed by atoms with van der Waals surface area (Å²) in [4.78, 5) is 2.45. The van der Waals surface area contributed by atoms with Crippen LogP contribution in [0.1, 0.15) is 49.3 Å². The lowest BCUT2D eigenvalue weighted by molar-refractivity contribution is 0.101. The van der Waals surface area contributed by atoms with Crippen molar-refractivity contribution in [3.63, 3.8) is 0 Å². The van der Waals surface area contributed by atoms with Crippen molar-refractivity contribution >= 4 is 24.8 Å². The summed E-state index contributed by atoms with van der Waals surface area (Å²) in [5, 5.41) is 23.8. The van der Waals surface area contributed by atoms with Crippen LogP contribution in [0.3, 0.4) is 0 Å². The lowest BCUT2D eigenvalue weighted by atomic mass is 9.78. The van der Waals surface area contributed by atoms with Crippen LogP contribution in [0.25, 0.3) is 0 Å². The van der Waals surface area contributed by atoms with Crippen LogP contribution in [0.15, 0.2) is 12.1 Å². The minimum absolute atomic E-state index is 0. The maximum absolute atomic E-state index is 10.8. The van der Waals surface area contributed by atoms with E-state index in [9.17, 15) is 10.4 Å². The van der Waals surface area contributed by atoms with Gasteiger partial charge in [0.25, 0.3) is 0 Å². The maximum atomic E-state index is 10.8. The molecular formula is C19H29Cl2N3O2. The first kappa shape index (κ1) is 22.9. The molecule has 1 aromatic carbocycles. The number of nitrogens with one attached hydrogen (secondary N) is 1. The molecule has 2 aliphatic rings. The Bertz CT molecular complexity index is 592. The Morgan fingerprint density at radius 2 is 1.85 bits per heavy atom. The summed E-state index contributed by atoms with van der Waals surface area (Å²) in [6, 6.07) is 5.85. The van der Waals surface area contributed by atoms with E-state index in [0.717, 1.165) is 44.6 Å². The SMILES string of the molecule is COc1ccc(C#N)c([C@H](C2CCCCC2)N2CCNCC2)c1O.Cl.Cl. The van der Waals surface area contributed by atoms with Gasteiger partial charge in [-0.25, -0.2) is 0 Å². The maximum Gasteiger partial charge on any atom is 0.163 e. The number of halogens is 2. The molecule has 1 aliphatic carbocycles. The molecular weight excluding hydrogens is 373 g/mol. The molecule has 0 unspecified atom stereocenters. The lowest BCUT2D eigenvalue weighted by Crippen LogP contribution is -2.47. The largest absolute Gasteiger partial charge is 0.504 e. The zero-order valence-corrected chi connectivity index (χ0v) is 16.9. The fourth-order valence-electron chi connectivity index (χ4n) is 4.28. The highest BCUT2D eigenvalue weighted by atomic mass is 35.5. The van der Waals surface area contributed by atoms with Crippen molar-refractivity contribution in [2.75, 3.05) is 33.3 Å². The van der Waals surface area contributed by atoms with Crippen LogP contribution >= 0.6 is 24.8 Å². The smallest absolute Gasteiger partial charge is 0.163 e. The molecule has 0 amide bonds. The molecule has 5 nitrogen and oxygen atoms in total. The molecule has 0 aromatic heterocycles. The predicted octanol–water partition coefficient (Wildman–Crippen LogP) is 3.64. The van der Waals surface area contributed by atoms with Gasteiger partial charge >= 0.3 is 0 Å². The number of nitriles is 1. The second-order valence-corrected chi connectivity index (χ2v) is 6.82. The Kier molecular flexibility index (Phi) is 9.52. The first-order valence-electron chi connectivity index (χ1n) is 9.01. The summed E-state index contributed by atoms with van der Waals surface area (Å²) in [5.74, 6) is 1.09. The summed E-state index contributed by atoms with van der Waals surface area (Å²) < 4.78 is 5.32. The average Bonchev–Trinajstić information content (AvgIpc) is 2.65. The highest BCUT2D eigenvalue weighted by molar-refractivity contribution is 5.85. The Morgan fingerprint density at radius 1 is 1.19 bits per heavy atom. The van der Waals surface area contributed by atoms with E-state index in [1.54, 1.807) is 19.2 Å².